The molecule has 364 valence electrons. The molecule has 0 saturated carbocycles. The summed E-state index contributed by atoms with van der Waals surface area (Å²) in [6.45, 7) is 0. The minimum Gasteiger partial charge on any atom is -0.306 e. The van der Waals surface area contributed by atoms with Crippen LogP contribution in [0.5, 0.6) is 0 Å². The molecule has 79 heavy (non-hydrogen) atoms. The lowest BCUT2D eigenvalue weighted by atomic mass is 9.94. The van der Waals surface area contributed by atoms with Crippen LogP contribution in [0.15, 0.2) is 242 Å². The number of hydrogen-bond acceptors (Lipinski definition) is 3. The van der Waals surface area contributed by atoms with Crippen molar-refractivity contribution in [2.75, 3.05) is 0 Å². The Bertz CT molecular complexity index is 5880. The fourth-order valence-electron chi connectivity index (χ4n) is 13.1. The van der Waals surface area contributed by atoms with Crippen LogP contribution in [0.3, 0.4) is 0 Å². The van der Waals surface area contributed by atoms with Gasteiger partial charge in [-0.2, -0.15) is 10.5 Å². The van der Waals surface area contributed by atoms with E-state index in [0.29, 0.717) is 50.1 Å². The third kappa shape index (κ3) is 5.81. The lowest BCUT2D eigenvalue weighted by molar-refractivity contribution is 1.03. The summed E-state index contributed by atoms with van der Waals surface area (Å²) < 4.78 is 75.1. The molecule has 7 heteroatoms. The molecule has 0 unspecified atom stereocenters. The lowest BCUT2D eigenvalue weighted by Crippen LogP contribution is -2.16. The fourth-order valence-corrected chi connectivity index (χ4v) is 14.3. The lowest BCUT2D eigenvalue weighted by Gasteiger charge is -2.27. The molecule has 17 aromatic rings. The van der Waals surface area contributed by atoms with Crippen LogP contribution >= 0.6 is 11.3 Å². The third-order valence-corrected chi connectivity index (χ3v) is 17.3. The maximum Gasteiger partial charge on any atom is 0.104 e. The number of nitrogens with zero attached hydrogens (tertiary/aromatic N) is 6. The largest absolute Gasteiger partial charge is 0.306 e. The summed E-state index contributed by atoms with van der Waals surface area (Å²) in [6, 6.07) is 69.4. The van der Waals surface area contributed by atoms with Crippen molar-refractivity contribution in [1.82, 2.24) is 18.3 Å². The second-order valence-corrected chi connectivity index (χ2v) is 21.0. The summed E-state index contributed by atoms with van der Waals surface area (Å²) in [4.78, 5) is 0. The van der Waals surface area contributed by atoms with Crippen molar-refractivity contribution in [3.05, 3.63) is 254 Å². The summed E-state index contributed by atoms with van der Waals surface area (Å²) in [5, 5.41) is 34.6. The van der Waals surface area contributed by atoms with E-state index in [2.05, 4.69) is 121 Å². The van der Waals surface area contributed by atoms with E-state index in [-0.39, 0.29) is 33.5 Å². The number of rotatable bonds is 5. The Morgan fingerprint density at radius 2 is 0.734 bits per heavy atom. The van der Waals surface area contributed by atoms with Crippen LogP contribution < -0.4 is 0 Å². The highest BCUT2D eigenvalue weighted by molar-refractivity contribution is 7.26. The topological polar surface area (TPSA) is 67.3 Å². The zero-order valence-corrected chi connectivity index (χ0v) is 42.5. The first-order valence-electron chi connectivity index (χ1n) is 29.5. The number of aromatic nitrogens is 4. The molecule has 6 nitrogen and oxygen atoms in total. The van der Waals surface area contributed by atoms with Crippen LogP contribution in [0.4, 0.5) is 0 Å². The summed E-state index contributed by atoms with van der Waals surface area (Å²) in [5.74, 6) is 0. The standard InChI is InChI=1S/C72H40N6S/c73-41-56-67(75-58-31-10-3-22-46(58)47-23-4-11-32-59(47)75)68(76-60-33-12-5-24-48(60)49-25-6-13-34-61(49)76)57(42-74)70(69(56)77-62-35-14-7-26-50(62)51-27-8-15-36-63(51)77)78-64-37-18-30-53(45-29-17-20-43-19-1-2-21-44(43)45)66(64)55-40-39-54-52-28-9-16-38-65(52)79-72(54)71(55)78/h1-40H/i1D,2D,17D,19D,20D,21D,29D. The highest BCUT2D eigenvalue weighted by atomic mass is 32.1. The van der Waals surface area contributed by atoms with Crippen LogP contribution in [-0.2, 0) is 0 Å². The fraction of sp³-hybridized carbons (Fsp3) is 0. The summed E-state index contributed by atoms with van der Waals surface area (Å²) in [6.07, 6.45) is 0. The first-order chi connectivity index (χ1) is 42.1. The van der Waals surface area contributed by atoms with Gasteiger partial charge in [0, 0.05) is 58.6 Å². The normalized spacial score (nSPS) is 13.3. The predicted octanol–water partition coefficient (Wildman–Crippen LogP) is 19.0. The molecule has 0 aliphatic rings. The molecule has 0 aliphatic heterocycles. The Labute approximate surface area is 465 Å². The molecule has 5 heterocycles. The van der Waals surface area contributed by atoms with Gasteiger partial charge in [0.2, 0.25) is 0 Å². The van der Waals surface area contributed by atoms with E-state index in [1.165, 1.54) is 0 Å². The van der Waals surface area contributed by atoms with Crippen LogP contribution in [-0.4, -0.2) is 18.3 Å². The Kier molecular flexibility index (Phi) is 7.70. The molecular weight excluding hydrogens is 981 g/mol. The third-order valence-electron chi connectivity index (χ3n) is 16.1. The molecule has 12 aromatic carbocycles. The minimum absolute atomic E-state index is 0.0435. The van der Waals surface area contributed by atoms with Gasteiger partial charge in [0.15, 0.2) is 0 Å². The second-order valence-electron chi connectivity index (χ2n) is 19.9. The Balaban J connectivity index is 1.19. The van der Waals surface area contributed by atoms with Gasteiger partial charge in [-0.05, 0) is 70.4 Å². The first kappa shape index (κ1) is 37.1. The van der Waals surface area contributed by atoms with Gasteiger partial charge < -0.3 is 18.3 Å². The van der Waals surface area contributed by atoms with E-state index >= 15 is 0 Å². The number of benzene rings is 12. The summed E-state index contributed by atoms with van der Waals surface area (Å²) >= 11 is 1.60. The van der Waals surface area contributed by atoms with E-state index in [9.17, 15) is 14.6 Å². The van der Waals surface area contributed by atoms with Crippen molar-refractivity contribution in [2.24, 2.45) is 0 Å². The van der Waals surface area contributed by atoms with E-state index in [4.69, 9.17) is 5.48 Å². The number of hydrogen-bond donors (Lipinski definition) is 0. The van der Waals surface area contributed by atoms with Crippen molar-refractivity contribution in [3.63, 3.8) is 0 Å². The average molecular weight is 1030 g/mol. The summed E-state index contributed by atoms with van der Waals surface area (Å²) in [5.41, 5.74) is 8.83. The van der Waals surface area contributed by atoms with Gasteiger partial charge >= 0.3 is 0 Å². The average Bonchev–Trinajstić information content (AvgIpc) is 1.49. The smallest absolute Gasteiger partial charge is 0.104 e. The van der Waals surface area contributed by atoms with Crippen molar-refractivity contribution in [2.45, 2.75) is 0 Å². The van der Waals surface area contributed by atoms with E-state index in [1.54, 1.807) is 11.3 Å². The maximum atomic E-state index is 13.0. The molecule has 0 fully saturated rings. The van der Waals surface area contributed by atoms with Crippen LogP contribution in [0, 0.1) is 22.7 Å². The van der Waals surface area contributed by atoms with Gasteiger partial charge in [-0.15, -0.1) is 11.3 Å². The van der Waals surface area contributed by atoms with Crippen molar-refractivity contribution >= 4 is 130 Å². The molecule has 0 atom stereocenters. The van der Waals surface area contributed by atoms with Crippen LogP contribution in [0.1, 0.15) is 20.7 Å². The van der Waals surface area contributed by atoms with Gasteiger partial charge in [0.05, 0.1) is 81.2 Å². The Hall–Kier alpha value is -10.7. The van der Waals surface area contributed by atoms with Crippen molar-refractivity contribution < 1.29 is 9.60 Å². The first-order valence-corrected chi connectivity index (χ1v) is 26.8. The molecule has 0 spiro atoms. The molecular formula is C72H40N6S. The highest BCUT2D eigenvalue weighted by Crippen LogP contribution is 2.52. The number of nitriles is 2. The van der Waals surface area contributed by atoms with Gasteiger partial charge in [-0.25, -0.2) is 0 Å². The number of thiophene rings is 1. The quantitative estimate of drug-likeness (QED) is 0.172. The predicted molar refractivity (Wildman–Crippen MR) is 329 cm³/mol. The highest BCUT2D eigenvalue weighted by Gasteiger charge is 2.35. The van der Waals surface area contributed by atoms with Crippen LogP contribution in [0.25, 0.3) is 152 Å². The zero-order chi connectivity index (χ0) is 58.1. The van der Waals surface area contributed by atoms with Gasteiger partial charge in [0.25, 0.3) is 0 Å². The molecule has 5 aromatic heterocycles. The zero-order valence-electron chi connectivity index (χ0n) is 48.6. The second kappa shape index (κ2) is 16.4. The van der Waals surface area contributed by atoms with Crippen LogP contribution in [0.2, 0.25) is 0 Å². The molecule has 0 saturated heterocycles. The maximum absolute atomic E-state index is 13.0. The van der Waals surface area contributed by atoms with E-state index in [0.717, 1.165) is 85.6 Å². The molecule has 0 amide bonds. The van der Waals surface area contributed by atoms with Crippen molar-refractivity contribution in [3.8, 4) is 46.0 Å². The molecule has 0 radical (unpaired) electrons. The SMILES string of the molecule is [2H]c1c([2H])c([2H])c2c(-c3cccc4c3c3ccc5c6ccccc6sc5c3n4-c3c(C#N)c(-n4c5ccccc5c5ccccc54)c(-n4c5ccccc5c5ccccc54)c(C#N)c3-n3c4ccccc4c4ccccc43)c([2H])c([2H])c([2H])c2c1[2H]. The molecule has 17 rings (SSSR count). The molecule has 0 N–H and O–H groups in total. The number of para-hydroxylation sites is 6. The Morgan fingerprint density at radius 3 is 1.23 bits per heavy atom. The monoisotopic (exact) mass is 1030 g/mol. The van der Waals surface area contributed by atoms with E-state index in [1.807, 2.05) is 109 Å². The van der Waals surface area contributed by atoms with Gasteiger partial charge in [-0.1, -0.05) is 194 Å². The molecule has 0 aliphatic carbocycles. The minimum atomic E-state index is -0.542. The van der Waals surface area contributed by atoms with E-state index < -0.39 is 36.3 Å². The number of fused-ring (bicyclic) bond motifs is 17. The Morgan fingerprint density at radius 1 is 0.329 bits per heavy atom. The van der Waals surface area contributed by atoms with Gasteiger partial charge in [0.1, 0.15) is 23.3 Å². The molecule has 0 bridgehead atoms. The van der Waals surface area contributed by atoms with Crippen molar-refractivity contribution in [1.29, 1.82) is 10.5 Å². The van der Waals surface area contributed by atoms with Gasteiger partial charge in [-0.3, -0.25) is 0 Å². The summed E-state index contributed by atoms with van der Waals surface area (Å²) in [7, 11) is 0.